The SMILES string of the molecule is CON=C(C(=O)NC1CN(OCC(=O)O)C1=O)c1csc(N)n1.[H-].[K+]. The minimum atomic E-state index is -1.21. The number of aliphatic carboxylic acids is 1. The average Bonchev–Trinajstić information content (AvgIpc) is 2.92. The molecule has 1 aromatic rings. The van der Waals surface area contributed by atoms with E-state index in [0.717, 1.165) is 16.4 Å². The number of nitrogens with one attached hydrogen (secondary N) is 1. The van der Waals surface area contributed by atoms with Crippen molar-refractivity contribution < 1.29 is 82.0 Å². The third kappa shape index (κ3) is 5.20. The zero-order valence-electron chi connectivity index (χ0n) is 13.9. The number of β-lactam (4-membered cyclic amide) rings is 1. The third-order valence-electron chi connectivity index (χ3n) is 2.70. The first-order chi connectivity index (χ1) is 10.9. The Morgan fingerprint density at radius 1 is 1.67 bits per heavy atom. The van der Waals surface area contributed by atoms with Gasteiger partial charge < -0.3 is 22.4 Å². The molecule has 1 aromatic heterocycles. The van der Waals surface area contributed by atoms with E-state index in [4.69, 9.17) is 15.7 Å². The van der Waals surface area contributed by atoms with Crippen molar-refractivity contribution in [1.29, 1.82) is 0 Å². The van der Waals surface area contributed by atoms with E-state index in [1.54, 1.807) is 0 Å². The summed E-state index contributed by atoms with van der Waals surface area (Å²) in [6.45, 7) is -0.613. The van der Waals surface area contributed by atoms with Gasteiger partial charge in [-0.3, -0.25) is 14.4 Å². The van der Waals surface area contributed by atoms with Crippen molar-refractivity contribution in [3.05, 3.63) is 11.1 Å². The van der Waals surface area contributed by atoms with Gasteiger partial charge in [0.15, 0.2) is 17.5 Å². The topological polar surface area (TPSA) is 156 Å². The summed E-state index contributed by atoms with van der Waals surface area (Å²) in [4.78, 5) is 47.5. The van der Waals surface area contributed by atoms with Gasteiger partial charge in [0.05, 0.1) is 6.54 Å². The number of nitrogens with two attached hydrogens (primary N) is 1. The standard InChI is InChI=1S/C11H13N5O6S.K.H/c1-21-15-8(6-4-23-11(12)14-6)9(19)13-5-2-16(10(5)20)22-3-7(17)18;;/h4-5H,2-3H2,1H3,(H2,12,14)(H,13,19)(H,17,18);;/q;+1;-1. The predicted molar refractivity (Wildman–Crippen MR) is 78.4 cm³/mol. The zero-order valence-corrected chi connectivity index (χ0v) is 16.8. The van der Waals surface area contributed by atoms with E-state index in [1.165, 1.54) is 12.5 Å². The van der Waals surface area contributed by atoms with Gasteiger partial charge >= 0.3 is 57.4 Å². The molecule has 0 aromatic carbocycles. The number of thiazole rings is 1. The molecule has 2 rings (SSSR count). The van der Waals surface area contributed by atoms with Gasteiger partial charge in [-0.15, -0.1) is 11.3 Å². The van der Waals surface area contributed by atoms with Crippen molar-refractivity contribution in [3.8, 4) is 0 Å². The fraction of sp³-hybridized carbons (Fsp3) is 0.364. The predicted octanol–water partition coefficient (Wildman–Crippen LogP) is -4.46. The summed E-state index contributed by atoms with van der Waals surface area (Å²) in [5.74, 6) is -2.44. The van der Waals surface area contributed by atoms with Crippen LogP contribution in [0.2, 0.25) is 0 Å². The number of amides is 2. The molecule has 1 atom stereocenters. The number of carbonyl (C=O) groups is 3. The van der Waals surface area contributed by atoms with Crippen LogP contribution < -0.4 is 62.4 Å². The van der Waals surface area contributed by atoms with Crippen molar-refractivity contribution in [2.24, 2.45) is 5.16 Å². The van der Waals surface area contributed by atoms with Crippen LogP contribution in [0.25, 0.3) is 0 Å². The maximum atomic E-state index is 12.2. The third-order valence-corrected chi connectivity index (χ3v) is 3.38. The average molecular weight is 383 g/mol. The molecule has 0 radical (unpaired) electrons. The Kier molecular flexibility index (Phi) is 8.21. The number of anilines is 1. The number of hydrogen-bond donors (Lipinski definition) is 3. The molecule has 2 heterocycles. The molecule has 1 aliphatic heterocycles. The van der Waals surface area contributed by atoms with Gasteiger partial charge in [0.1, 0.15) is 18.8 Å². The molecule has 1 aliphatic rings. The molecule has 4 N–H and O–H groups in total. The number of nitrogens with zero attached hydrogens (tertiary/aromatic N) is 3. The molecule has 13 heteroatoms. The number of hydrogen-bond acceptors (Lipinski definition) is 9. The fourth-order valence-corrected chi connectivity index (χ4v) is 2.22. The van der Waals surface area contributed by atoms with Crippen LogP contribution in [-0.4, -0.2) is 65.0 Å². The molecular weight excluding hydrogens is 369 g/mol. The fourth-order valence-electron chi connectivity index (χ4n) is 1.67. The number of hydroxylamine groups is 2. The van der Waals surface area contributed by atoms with Gasteiger partial charge in [0.2, 0.25) is 0 Å². The van der Waals surface area contributed by atoms with Crippen LogP contribution >= 0.6 is 11.3 Å². The second-order valence-electron chi connectivity index (χ2n) is 4.29. The smallest absolute Gasteiger partial charge is 1.00 e. The normalized spacial score (nSPS) is 16.9. The van der Waals surface area contributed by atoms with Crippen LogP contribution in [0.4, 0.5) is 5.13 Å². The summed E-state index contributed by atoms with van der Waals surface area (Å²) < 4.78 is 0. The molecule has 126 valence electrons. The largest absolute Gasteiger partial charge is 1.00 e. The molecule has 0 spiro atoms. The van der Waals surface area contributed by atoms with Gasteiger partial charge in [-0.2, -0.15) is 0 Å². The molecule has 0 bridgehead atoms. The number of rotatable bonds is 7. The summed E-state index contributed by atoms with van der Waals surface area (Å²) in [7, 11) is 1.26. The molecule has 0 aliphatic carbocycles. The van der Waals surface area contributed by atoms with Crippen LogP contribution in [0.3, 0.4) is 0 Å². The van der Waals surface area contributed by atoms with Crippen molar-refractivity contribution in [2.45, 2.75) is 6.04 Å². The van der Waals surface area contributed by atoms with Crippen molar-refractivity contribution >= 4 is 40.0 Å². The van der Waals surface area contributed by atoms with Gasteiger partial charge in [0, 0.05) is 5.38 Å². The van der Waals surface area contributed by atoms with E-state index >= 15 is 0 Å². The van der Waals surface area contributed by atoms with E-state index < -0.39 is 30.4 Å². The Morgan fingerprint density at radius 3 is 2.88 bits per heavy atom. The van der Waals surface area contributed by atoms with Crippen LogP contribution in [0.5, 0.6) is 0 Å². The number of carbonyl (C=O) groups excluding carboxylic acids is 2. The number of aromatic nitrogens is 1. The monoisotopic (exact) mass is 383 g/mol. The summed E-state index contributed by atoms with van der Waals surface area (Å²) in [6.07, 6.45) is 0. The summed E-state index contributed by atoms with van der Waals surface area (Å²) in [5.41, 5.74) is 5.60. The van der Waals surface area contributed by atoms with Crippen LogP contribution in [0, 0.1) is 0 Å². The first-order valence-corrected chi connectivity index (χ1v) is 7.09. The van der Waals surface area contributed by atoms with E-state index in [-0.39, 0.29) is 75.9 Å². The number of carboxylic acids is 1. The van der Waals surface area contributed by atoms with Gasteiger partial charge in [-0.1, -0.05) is 5.16 Å². The Labute approximate surface area is 184 Å². The number of carboxylic acid groups (broad SMARTS) is 1. The zero-order chi connectivity index (χ0) is 17.0. The molecule has 1 saturated heterocycles. The molecule has 0 saturated carbocycles. The second-order valence-corrected chi connectivity index (χ2v) is 5.18. The second kappa shape index (κ2) is 9.41. The maximum Gasteiger partial charge on any atom is 1.00 e. The van der Waals surface area contributed by atoms with Crippen molar-refractivity contribution in [2.75, 3.05) is 26.0 Å². The summed E-state index contributed by atoms with van der Waals surface area (Å²) in [5, 5.41) is 17.1. The Morgan fingerprint density at radius 2 is 2.38 bits per heavy atom. The number of oxime groups is 1. The minimum absolute atomic E-state index is 0. The molecule has 11 nitrogen and oxygen atoms in total. The van der Waals surface area contributed by atoms with E-state index in [2.05, 4.69) is 20.3 Å². The summed E-state index contributed by atoms with van der Waals surface area (Å²) >= 11 is 1.12. The minimum Gasteiger partial charge on any atom is -1.00 e. The molecular formula is C11H14KN5O6S. The first kappa shape index (κ1) is 21.0. The van der Waals surface area contributed by atoms with Crippen molar-refractivity contribution in [1.82, 2.24) is 15.4 Å². The molecule has 2 amide bonds. The maximum absolute atomic E-state index is 12.2. The molecule has 24 heavy (non-hydrogen) atoms. The quantitative estimate of drug-likeness (QED) is 0.184. The van der Waals surface area contributed by atoms with E-state index in [9.17, 15) is 14.4 Å². The van der Waals surface area contributed by atoms with Crippen molar-refractivity contribution in [3.63, 3.8) is 0 Å². The Hall–Kier alpha value is -1.09. The van der Waals surface area contributed by atoms with E-state index in [0.29, 0.717) is 0 Å². The first-order valence-electron chi connectivity index (χ1n) is 6.22. The van der Waals surface area contributed by atoms with Crippen LogP contribution in [-0.2, 0) is 24.1 Å². The van der Waals surface area contributed by atoms with Crippen LogP contribution in [0.15, 0.2) is 10.5 Å². The number of nitrogen functional groups attached to an aromatic ring is 1. The molecule has 1 unspecified atom stereocenters. The van der Waals surface area contributed by atoms with Gasteiger partial charge in [0.25, 0.3) is 11.8 Å². The van der Waals surface area contributed by atoms with E-state index in [1.807, 2.05) is 0 Å². The van der Waals surface area contributed by atoms with Gasteiger partial charge in [-0.25, -0.2) is 14.8 Å². The van der Waals surface area contributed by atoms with Gasteiger partial charge in [-0.05, 0) is 0 Å². The molecule has 1 fully saturated rings. The summed E-state index contributed by atoms with van der Waals surface area (Å²) in [6, 6.07) is -0.839. The Balaban J connectivity index is 0.00000288. The Bertz CT molecular complexity index is 671. The van der Waals surface area contributed by atoms with Crippen LogP contribution in [0.1, 0.15) is 7.12 Å².